The molecule has 2 atom stereocenters. The van der Waals surface area contributed by atoms with Gasteiger partial charge in [-0.15, -0.1) is 0 Å². The van der Waals surface area contributed by atoms with Crippen LogP contribution in [0.3, 0.4) is 0 Å². The van der Waals surface area contributed by atoms with Crippen LogP contribution in [0.15, 0.2) is 54.6 Å². The van der Waals surface area contributed by atoms with Gasteiger partial charge in [0.1, 0.15) is 0 Å². The highest BCUT2D eigenvalue weighted by molar-refractivity contribution is 5.31. The van der Waals surface area contributed by atoms with Gasteiger partial charge in [0, 0.05) is 12.1 Å². The molecular weight excluding hydrogens is 218 g/mol. The summed E-state index contributed by atoms with van der Waals surface area (Å²) in [4.78, 5) is 0. The molecule has 1 heteroatoms. The summed E-state index contributed by atoms with van der Waals surface area (Å²) in [5.74, 6) is 0. The van der Waals surface area contributed by atoms with Crippen LogP contribution in [0.4, 0.5) is 0 Å². The highest BCUT2D eigenvalue weighted by Gasteiger charge is 2.26. The lowest BCUT2D eigenvalue weighted by molar-refractivity contribution is 0.573. The van der Waals surface area contributed by atoms with Crippen LogP contribution in [0, 0.1) is 6.92 Å². The standard InChI is InChI=1S/C17H19N/c1-13-7-5-6-10-15(13)17-12-11-16(18-17)14-8-3-2-4-9-14/h2-10,16-18H,11-12H2,1H3. The SMILES string of the molecule is Cc1ccccc1C1CCC(c2ccccc2)N1. The van der Waals surface area contributed by atoms with E-state index in [0.717, 1.165) is 0 Å². The van der Waals surface area contributed by atoms with Crippen molar-refractivity contribution in [2.75, 3.05) is 0 Å². The Morgan fingerprint density at radius 3 is 2.28 bits per heavy atom. The van der Waals surface area contributed by atoms with Gasteiger partial charge >= 0.3 is 0 Å². The molecule has 3 rings (SSSR count). The maximum atomic E-state index is 3.76. The van der Waals surface area contributed by atoms with Crippen LogP contribution in [0.2, 0.25) is 0 Å². The van der Waals surface area contributed by atoms with Gasteiger partial charge in [0.2, 0.25) is 0 Å². The second-order valence-electron chi connectivity index (χ2n) is 5.12. The Morgan fingerprint density at radius 1 is 0.833 bits per heavy atom. The zero-order chi connectivity index (χ0) is 12.4. The second-order valence-corrected chi connectivity index (χ2v) is 5.12. The van der Waals surface area contributed by atoms with E-state index in [1.807, 2.05) is 0 Å². The highest BCUT2D eigenvalue weighted by atomic mass is 15.0. The normalized spacial score (nSPS) is 23.2. The molecule has 1 aliphatic rings. The summed E-state index contributed by atoms with van der Waals surface area (Å²) in [6.07, 6.45) is 2.45. The van der Waals surface area contributed by atoms with Crippen LogP contribution in [0.1, 0.15) is 41.6 Å². The van der Waals surface area contributed by atoms with Crippen molar-refractivity contribution in [3.8, 4) is 0 Å². The zero-order valence-corrected chi connectivity index (χ0v) is 10.8. The van der Waals surface area contributed by atoms with Crippen molar-refractivity contribution in [3.05, 3.63) is 71.3 Å². The first-order valence-corrected chi connectivity index (χ1v) is 6.71. The van der Waals surface area contributed by atoms with E-state index in [0.29, 0.717) is 12.1 Å². The van der Waals surface area contributed by atoms with Gasteiger partial charge in [0.15, 0.2) is 0 Å². The third-order valence-electron chi connectivity index (χ3n) is 3.91. The maximum absolute atomic E-state index is 3.76. The Morgan fingerprint density at radius 2 is 1.50 bits per heavy atom. The van der Waals surface area contributed by atoms with E-state index in [2.05, 4.69) is 66.8 Å². The molecule has 2 aromatic rings. The lowest BCUT2D eigenvalue weighted by atomic mass is 10.00. The maximum Gasteiger partial charge on any atom is 0.0329 e. The molecule has 0 aromatic heterocycles. The van der Waals surface area contributed by atoms with Gasteiger partial charge in [-0.25, -0.2) is 0 Å². The number of hydrogen-bond acceptors (Lipinski definition) is 1. The van der Waals surface area contributed by atoms with Crippen molar-refractivity contribution in [1.82, 2.24) is 5.32 Å². The molecule has 1 heterocycles. The Kier molecular flexibility index (Phi) is 3.16. The predicted octanol–water partition coefficient (Wildman–Crippen LogP) is 4.16. The molecule has 1 saturated heterocycles. The summed E-state index contributed by atoms with van der Waals surface area (Å²) < 4.78 is 0. The summed E-state index contributed by atoms with van der Waals surface area (Å²) in [5.41, 5.74) is 4.26. The molecule has 1 N–H and O–H groups in total. The summed E-state index contributed by atoms with van der Waals surface area (Å²) in [5, 5.41) is 3.76. The molecule has 0 aliphatic carbocycles. The van der Waals surface area contributed by atoms with Crippen LogP contribution in [0.25, 0.3) is 0 Å². The van der Waals surface area contributed by atoms with E-state index in [4.69, 9.17) is 0 Å². The van der Waals surface area contributed by atoms with Crippen LogP contribution >= 0.6 is 0 Å². The van der Waals surface area contributed by atoms with E-state index < -0.39 is 0 Å². The molecule has 0 amide bonds. The molecule has 0 bridgehead atoms. The fraction of sp³-hybridized carbons (Fsp3) is 0.294. The van der Waals surface area contributed by atoms with Gasteiger partial charge in [-0.2, -0.15) is 0 Å². The minimum absolute atomic E-state index is 0.510. The van der Waals surface area contributed by atoms with Crippen molar-refractivity contribution in [1.29, 1.82) is 0 Å². The number of nitrogens with one attached hydrogen (secondary N) is 1. The van der Waals surface area contributed by atoms with E-state index in [1.165, 1.54) is 29.5 Å². The molecule has 1 nitrogen and oxygen atoms in total. The van der Waals surface area contributed by atoms with Gasteiger partial charge in [-0.3, -0.25) is 0 Å². The van der Waals surface area contributed by atoms with Gasteiger partial charge in [0.05, 0.1) is 0 Å². The summed E-state index contributed by atoms with van der Waals surface area (Å²) in [6.45, 7) is 2.20. The average molecular weight is 237 g/mol. The molecule has 0 spiro atoms. The van der Waals surface area contributed by atoms with Crippen LogP contribution in [0.5, 0.6) is 0 Å². The summed E-state index contributed by atoms with van der Waals surface area (Å²) in [7, 11) is 0. The van der Waals surface area contributed by atoms with Gasteiger partial charge in [-0.05, 0) is 36.5 Å². The van der Waals surface area contributed by atoms with E-state index in [1.54, 1.807) is 0 Å². The van der Waals surface area contributed by atoms with Crippen molar-refractivity contribution in [3.63, 3.8) is 0 Å². The molecule has 2 aromatic carbocycles. The quantitative estimate of drug-likeness (QED) is 0.827. The van der Waals surface area contributed by atoms with Crippen LogP contribution < -0.4 is 5.32 Å². The van der Waals surface area contributed by atoms with Gasteiger partial charge in [-0.1, -0.05) is 54.6 Å². The fourth-order valence-corrected chi connectivity index (χ4v) is 2.91. The second kappa shape index (κ2) is 4.95. The molecule has 1 fully saturated rings. The Labute approximate surface area is 109 Å². The van der Waals surface area contributed by atoms with Crippen LogP contribution in [-0.2, 0) is 0 Å². The van der Waals surface area contributed by atoms with Crippen molar-refractivity contribution >= 4 is 0 Å². The van der Waals surface area contributed by atoms with E-state index in [-0.39, 0.29) is 0 Å². The molecule has 18 heavy (non-hydrogen) atoms. The van der Waals surface area contributed by atoms with E-state index in [9.17, 15) is 0 Å². The first-order valence-electron chi connectivity index (χ1n) is 6.71. The zero-order valence-electron chi connectivity index (χ0n) is 10.8. The first kappa shape index (κ1) is 11.5. The smallest absolute Gasteiger partial charge is 0.0329 e. The number of hydrogen-bond donors (Lipinski definition) is 1. The third-order valence-corrected chi connectivity index (χ3v) is 3.91. The third kappa shape index (κ3) is 2.19. The molecule has 0 saturated carbocycles. The molecule has 0 radical (unpaired) electrons. The lowest BCUT2D eigenvalue weighted by Gasteiger charge is -2.16. The monoisotopic (exact) mass is 237 g/mol. The fourth-order valence-electron chi connectivity index (χ4n) is 2.91. The minimum Gasteiger partial charge on any atom is -0.303 e. The number of rotatable bonds is 2. The Hall–Kier alpha value is -1.60. The minimum atomic E-state index is 0.510. The first-order chi connectivity index (χ1) is 8.84. The molecule has 1 aliphatic heterocycles. The largest absolute Gasteiger partial charge is 0.303 e. The summed E-state index contributed by atoms with van der Waals surface area (Å²) >= 11 is 0. The van der Waals surface area contributed by atoms with Crippen LogP contribution in [-0.4, -0.2) is 0 Å². The highest BCUT2D eigenvalue weighted by Crippen LogP contribution is 2.35. The van der Waals surface area contributed by atoms with Crippen molar-refractivity contribution in [2.24, 2.45) is 0 Å². The van der Waals surface area contributed by atoms with Crippen molar-refractivity contribution < 1.29 is 0 Å². The topological polar surface area (TPSA) is 12.0 Å². The van der Waals surface area contributed by atoms with Gasteiger partial charge < -0.3 is 5.32 Å². The van der Waals surface area contributed by atoms with Crippen molar-refractivity contribution in [2.45, 2.75) is 31.8 Å². The average Bonchev–Trinajstić information content (AvgIpc) is 2.90. The Balaban J connectivity index is 1.78. The number of aryl methyl sites for hydroxylation is 1. The van der Waals surface area contributed by atoms with E-state index >= 15 is 0 Å². The molecule has 92 valence electrons. The Bertz CT molecular complexity index is 518. The number of benzene rings is 2. The molecule has 2 unspecified atom stereocenters. The predicted molar refractivity (Wildman–Crippen MR) is 75.5 cm³/mol. The van der Waals surface area contributed by atoms with Gasteiger partial charge in [0.25, 0.3) is 0 Å². The summed E-state index contributed by atoms with van der Waals surface area (Å²) in [6, 6.07) is 20.5. The molecular formula is C17H19N. The lowest BCUT2D eigenvalue weighted by Crippen LogP contribution is -2.18.